The average molecular weight is 148 g/mol. The molecule has 0 spiro atoms. The second-order valence-electron chi connectivity index (χ2n) is 2.28. The van der Waals surface area contributed by atoms with Crippen LogP contribution in [-0.4, -0.2) is 41.9 Å². The Morgan fingerprint density at radius 3 is 2.33 bits per heavy atom. The third-order valence-corrected chi connectivity index (χ3v) is 2.13. The maximum absolute atomic E-state index is 7.32. The molecule has 9 heavy (non-hydrogen) atoms. The van der Waals surface area contributed by atoms with Crippen molar-refractivity contribution < 1.29 is 0 Å². The molecule has 1 aliphatic rings. The van der Waals surface area contributed by atoms with Crippen molar-refractivity contribution in [3.8, 4) is 0 Å². The van der Waals surface area contributed by atoms with E-state index in [0.29, 0.717) is 12.4 Å². The first-order valence-electron chi connectivity index (χ1n) is 2.77. The normalized spacial score (nSPS) is 29.9. The molecule has 3 nitrogen and oxygen atoms in total. The zero-order chi connectivity index (χ0) is 7.02. The highest BCUT2D eigenvalue weighted by atomic mass is 35.5. The summed E-state index contributed by atoms with van der Waals surface area (Å²) in [5.74, 6) is 0.581. The number of hydrogen-bond acceptors (Lipinski definition) is 2. The Kier molecular flexibility index (Phi) is 1.64. The van der Waals surface area contributed by atoms with E-state index < -0.39 is 0 Å². The van der Waals surface area contributed by atoms with Crippen LogP contribution in [0.5, 0.6) is 0 Å². The largest absolute Gasteiger partial charge is 0.334 e. The Morgan fingerprint density at radius 1 is 1.67 bits per heavy atom. The monoisotopic (exact) mass is 147 g/mol. The van der Waals surface area contributed by atoms with E-state index >= 15 is 0 Å². The van der Waals surface area contributed by atoms with E-state index in [1.165, 1.54) is 0 Å². The molecule has 1 saturated heterocycles. The highest BCUT2D eigenvalue weighted by molar-refractivity contribution is 6.21. The Morgan fingerprint density at radius 2 is 2.22 bits per heavy atom. The van der Waals surface area contributed by atoms with Gasteiger partial charge in [0.1, 0.15) is 5.84 Å². The van der Waals surface area contributed by atoms with Crippen molar-refractivity contribution in [2.24, 2.45) is 0 Å². The van der Waals surface area contributed by atoms with Crippen LogP contribution in [0.4, 0.5) is 0 Å². The number of alkyl halides is 1. The summed E-state index contributed by atoms with van der Waals surface area (Å²) in [6, 6.07) is 0. The van der Waals surface area contributed by atoms with Gasteiger partial charge in [0.2, 0.25) is 0 Å². The molecule has 0 aromatic rings. The third kappa shape index (κ3) is 1.02. The Labute approximate surface area is 59.7 Å². The van der Waals surface area contributed by atoms with E-state index in [-0.39, 0.29) is 5.62 Å². The highest BCUT2D eigenvalue weighted by Gasteiger charge is 2.27. The molecular weight excluding hydrogens is 138 g/mol. The summed E-state index contributed by atoms with van der Waals surface area (Å²) in [6.07, 6.45) is 0. The molecule has 0 radical (unpaired) electrons. The van der Waals surface area contributed by atoms with E-state index in [1.54, 1.807) is 4.90 Å². The minimum atomic E-state index is -0.127. The summed E-state index contributed by atoms with van der Waals surface area (Å²) in [4.78, 5) is 3.64. The van der Waals surface area contributed by atoms with Gasteiger partial charge >= 0.3 is 0 Å². The summed E-state index contributed by atoms with van der Waals surface area (Å²) < 4.78 is 0. The lowest BCUT2D eigenvalue weighted by molar-refractivity contribution is 0.289. The molecule has 0 saturated carbocycles. The smallest absolute Gasteiger partial charge is 0.161 e. The van der Waals surface area contributed by atoms with Crippen LogP contribution in [0.25, 0.3) is 0 Å². The van der Waals surface area contributed by atoms with Gasteiger partial charge in [-0.25, -0.2) is 0 Å². The third-order valence-electron chi connectivity index (χ3n) is 1.51. The predicted octanol–water partition coefficient (Wildman–Crippen LogP) is 0.363. The highest BCUT2D eigenvalue weighted by Crippen LogP contribution is 2.13. The standard InChI is InChI=1S/C5H10ClN3/c1-8-3-4(7)9(2)5(8)6/h5,7H,3H2,1-2H3. The van der Waals surface area contributed by atoms with Gasteiger partial charge in [-0.2, -0.15) is 0 Å². The first-order valence-corrected chi connectivity index (χ1v) is 3.21. The van der Waals surface area contributed by atoms with E-state index in [9.17, 15) is 0 Å². The van der Waals surface area contributed by atoms with E-state index in [4.69, 9.17) is 17.0 Å². The topological polar surface area (TPSA) is 30.3 Å². The Hall–Kier alpha value is -0.280. The Balaban J connectivity index is 2.65. The van der Waals surface area contributed by atoms with Gasteiger partial charge < -0.3 is 4.90 Å². The molecule has 1 N–H and O–H groups in total. The fourth-order valence-electron chi connectivity index (χ4n) is 0.847. The van der Waals surface area contributed by atoms with Crippen LogP contribution >= 0.6 is 11.6 Å². The van der Waals surface area contributed by atoms with Crippen LogP contribution in [0.1, 0.15) is 0 Å². The van der Waals surface area contributed by atoms with Crippen LogP contribution in [0, 0.1) is 5.41 Å². The molecule has 52 valence electrons. The molecule has 0 aromatic heterocycles. The zero-order valence-electron chi connectivity index (χ0n) is 5.56. The first kappa shape index (κ1) is 6.83. The molecule has 0 amide bonds. The van der Waals surface area contributed by atoms with Crippen molar-refractivity contribution >= 4 is 17.4 Å². The van der Waals surface area contributed by atoms with Crippen LogP contribution in [-0.2, 0) is 0 Å². The average Bonchev–Trinajstić information content (AvgIpc) is 1.98. The molecule has 0 bridgehead atoms. The van der Waals surface area contributed by atoms with Crippen molar-refractivity contribution in [2.45, 2.75) is 5.62 Å². The second-order valence-corrected chi connectivity index (χ2v) is 2.67. The van der Waals surface area contributed by atoms with Crippen LogP contribution in [0.3, 0.4) is 0 Å². The van der Waals surface area contributed by atoms with Crippen molar-refractivity contribution in [1.82, 2.24) is 9.80 Å². The van der Waals surface area contributed by atoms with E-state index in [1.807, 2.05) is 19.0 Å². The van der Waals surface area contributed by atoms with Crippen molar-refractivity contribution in [1.29, 1.82) is 5.41 Å². The second kappa shape index (κ2) is 2.15. The molecule has 1 heterocycles. The maximum atomic E-state index is 7.32. The van der Waals surface area contributed by atoms with Gasteiger partial charge in [-0.05, 0) is 7.05 Å². The number of nitrogens with zero attached hydrogens (tertiary/aromatic N) is 2. The van der Waals surface area contributed by atoms with Crippen LogP contribution < -0.4 is 0 Å². The number of hydrogen-bond donors (Lipinski definition) is 1. The number of amidine groups is 1. The van der Waals surface area contributed by atoms with Gasteiger partial charge in [-0.15, -0.1) is 0 Å². The summed E-state index contributed by atoms with van der Waals surface area (Å²) in [7, 11) is 3.72. The Bertz CT molecular complexity index is 136. The van der Waals surface area contributed by atoms with Gasteiger partial charge in [-0.3, -0.25) is 10.3 Å². The number of halogens is 1. The van der Waals surface area contributed by atoms with Crippen LogP contribution in [0.2, 0.25) is 0 Å². The lowest BCUT2D eigenvalue weighted by atomic mass is 10.6. The summed E-state index contributed by atoms with van der Waals surface area (Å²) >= 11 is 5.82. The summed E-state index contributed by atoms with van der Waals surface area (Å²) in [5.41, 5.74) is -0.127. The first-order chi connectivity index (χ1) is 4.13. The number of rotatable bonds is 0. The minimum Gasteiger partial charge on any atom is -0.334 e. The molecule has 4 heteroatoms. The van der Waals surface area contributed by atoms with Crippen molar-refractivity contribution in [3.05, 3.63) is 0 Å². The molecular formula is C5H10ClN3. The van der Waals surface area contributed by atoms with E-state index in [0.717, 1.165) is 0 Å². The molecule has 1 unspecified atom stereocenters. The van der Waals surface area contributed by atoms with Gasteiger partial charge in [0.15, 0.2) is 5.62 Å². The summed E-state index contributed by atoms with van der Waals surface area (Å²) in [5, 5.41) is 7.32. The van der Waals surface area contributed by atoms with E-state index in [2.05, 4.69) is 0 Å². The SMILES string of the molecule is CN1CC(=N)N(C)C1Cl. The van der Waals surface area contributed by atoms with Gasteiger partial charge in [0, 0.05) is 7.05 Å². The van der Waals surface area contributed by atoms with Crippen LogP contribution in [0.15, 0.2) is 0 Å². The van der Waals surface area contributed by atoms with Crippen molar-refractivity contribution in [3.63, 3.8) is 0 Å². The lowest BCUT2D eigenvalue weighted by Gasteiger charge is -2.17. The molecule has 1 atom stereocenters. The lowest BCUT2D eigenvalue weighted by Crippen LogP contribution is -2.29. The molecule has 0 aliphatic carbocycles. The fraction of sp³-hybridized carbons (Fsp3) is 0.800. The quantitative estimate of drug-likeness (QED) is 0.396. The van der Waals surface area contributed by atoms with Gasteiger partial charge in [0.25, 0.3) is 0 Å². The molecule has 0 aromatic carbocycles. The zero-order valence-corrected chi connectivity index (χ0v) is 6.31. The molecule has 1 rings (SSSR count). The van der Waals surface area contributed by atoms with Crippen molar-refractivity contribution in [2.75, 3.05) is 20.6 Å². The maximum Gasteiger partial charge on any atom is 0.161 e. The minimum absolute atomic E-state index is 0.127. The number of nitrogens with one attached hydrogen (secondary N) is 1. The predicted molar refractivity (Wildman–Crippen MR) is 37.8 cm³/mol. The fourth-order valence-corrected chi connectivity index (χ4v) is 1.03. The van der Waals surface area contributed by atoms with Gasteiger partial charge in [0.05, 0.1) is 6.54 Å². The summed E-state index contributed by atoms with van der Waals surface area (Å²) in [6.45, 7) is 0.657. The molecule has 1 fully saturated rings. The molecule has 1 aliphatic heterocycles. The van der Waals surface area contributed by atoms with Gasteiger partial charge in [-0.1, -0.05) is 11.6 Å². The number of likely N-dealkylation sites (N-methyl/N-ethyl adjacent to an activating group) is 2.